The monoisotopic (exact) mass is 257 g/mol. The molecule has 0 spiro atoms. The number of rotatable bonds is 4. The van der Waals surface area contributed by atoms with Crippen molar-refractivity contribution in [2.75, 3.05) is 7.11 Å². The van der Waals surface area contributed by atoms with Crippen molar-refractivity contribution >= 4 is 17.6 Å². The third kappa shape index (κ3) is 2.70. The minimum atomic E-state index is -1.06. The van der Waals surface area contributed by atoms with Gasteiger partial charge in [0, 0.05) is 6.04 Å². The fourth-order valence-electron chi connectivity index (χ4n) is 1.43. The van der Waals surface area contributed by atoms with Crippen molar-refractivity contribution in [3.8, 4) is 5.75 Å². The summed E-state index contributed by atoms with van der Waals surface area (Å²) in [7, 11) is 1.52. The Morgan fingerprint density at radius 1 is 1.53 bits per heavy atom. The van der Waals surface area contributed by atoms with Crippen LogP contribution in [0.2, 0.25) is 5.02 Å². The molecule has 4 nitrogen and oxygen atoms in total. The van der Waals surface area contributed by atoms with Crippen LogP contribution in [-0.2, 0) is 4.79 Å². The van der Waals surface area contributed by atoms with Crippen LogP contribution >= 0.6 is 11.6 Å². The number of hydrogen-bond donors (Lipinski definition) is 2. The zero-order valence-corrected chi connectivity index (χ0v) is 10.8. The first-order valence-corrected chi connectivity index (χ1v) is 5.51. The zero-order valence-electron chi connectivity index (χ0n) is 10.0. The van der Waals surface area contributed by atoms with Gasteiger partial charge in [0.2, 0.25) is 0 Å². The highest BCUT2D eigenvalue weighted by molar-refractivity contribution is 6.32. The SMILES string of the molecule is COc1ccc(C(N)C(C)(C)C(=O)O)cc1Cl. The molecule has 1 aromatic rings. The van der Waals surface area contributed by atoms with Gasteiger partial charge in [-0.2, -0.15) is 0 Å². The highest BCUT2D eigenvalue weighted by Gasteiger charge is 2.35. The van der Waals surface area contributed by atoms with Crippen molar-refractivity contribution in [2.45, 2.75) is 19.9 Å². The van der Waals surface area contributed by atoms with Crippen molar-refractivity contribution in [1.82, 2.24) is 0 Å². The summed E-state index contributed by atoms with van der Waals surface area (Å²) in [6.45, 7) is 3.16. The van der Waals surface area contributed by atoms with Crippen LogP contribution in [0.4, 0.5) is 0 Å². The van der Waals surface area contributed by atoms with Crippen LogP contribution < -0.4 is 10.5 Å². The molecule has 5 heteroatoms. The third-order valence-electron chi connectivity index (χ3n) is 2.86. The number of carbonyl (C=O) groups is 1. The lowest BCUT2D eigenvalue weighted by Crippen LogP contribution is -2.36. The van der Waals surface area contributed by atoms with Gasteiger partial charge in [0.1, 0.15) is 5.75 Å². The molecule has 1 atom stereocenters. The lowest BCUT2D eigenvalue weighted by Gasteiger charge is -2.27. The smallest absolute Gasteiger partial charge is 0.311 e. The molecule has 1 unspecified atom stereocenters. The van der Waals surface area contributed by atoms with Crippen LogP contribution in [0.3, 0.4) is 0 Å². The van der Waals surface area contributed by atoms with Crippen LogP contribution in [0.1, 0.15) is 25.5 Å². The molecular formula is C12H16ClNO3. The molecule has 0 aliphatic carbocycles. The van der Waals surface area contributed by atoms with Gasteiger partial charge in [-0.3, -0.25) is 4.79 Å². The van der Waals surface area contributed by atoms with Gasteiger partial charge in [-0.1, -0.05) is 17.7 Å². The Bertz CT molecular complexity index is 432. The highest BCUT2D eigenvalue weighted by atomic mass is 35.5. The number of benzene rings is 1. The van der Waals surface area contributed by atoms with Crippen LogP contribution in [0.25, 0.3) is 0 Å². The van der Waals surface area contributed by atoms with Gasteiger partial charge >= 0.3 is 5.97 Å². The Kier molecular flexibility index (Phi) is 4.01. The molecule has 0 aliphatic rings. The maximum absolute atomic E-state index is 11.1. The highest BCUT2D eigenvalue weighted by Crippen LogP contribution is 2.35. The second kappa shape index (κ2) is 4.94. The lowest BCUT2D eigenvalue weighted by molar-refractivity contribution is -0.148. The van der Waals surface area contributed by atoms with E-state index in [9.17, 15) is 4.79 Å². The fourth-order valence-corrected chi connectivity index (χ4v) is 1.69. The van der Waals surface area contributed by atoms with Gasteiger partial charge in [0.05, 0.1) is 17.5 Å². The Hall–Kier alpha value is -1.26. The number of halogens is 1. The van der Waals surface area contributed by atoms with E-state index < -0.39 is 17.4 Å². The van der Waals surface area contributed by atoms with Gasteiger partial charge in [-0.15, -0.1) is 0 Å². The van der Waals surface area contributed by atoms with Gasteiger partial charge in [-0.05, 0) is 31.5 Å². The van der Waals surface area contributed by atoms with Gasteiger partial charge in [0.25, 0.3) is 0 Å². The number of carboxylic acids is 1. The standard InChI is InChI=1S/C12H16ClNO3/c1-12(2,11(15)16)10(14)7-4-5-9(17-3)8(13)6-7/h4-6,10H,14H2,1-3H3,(H,15,16). The number of nitrogens with two attached hydrogens (primary N) is 1. The van der Waals surface area contributed by atoms with Crippen molar-refractivity contribution in [3.05, 3.63) is 28.8 Å². The zero-order chi connectivity index (χ0) is 13.2. The number of ether oxygens (including phenoxy) is 1. The summed E-state index contributed by atoms with van der Waals surface area (Å²) in [4.78, 5) is 11.1. The summed E-state index contributed by atoms with van der Waals surface area (Å²) >= 11 is 5.98. The van der Waals surface area contributed by atoms with Crippen LogP contribution in [0.5, 0.6) is 5.75 Å². The molecule has 0 heterocycles. The van der Waals surface area contributed by atoms with E-state index in [1.54, 1.807) is 32.0 Å². The second-order valence-corrected chi connectivity index (χ2v) is 4.81. The molecule has 94 valence electrons. The van der Waals surface area contributed by atoms with E-state index in [1.165, 1.54) is 7.11 Å². The van der Waals surface area contributed by atoms with E-state index in [2.05, 4.69) is 0 Å². The van der Waals surface area contributed by atoms with Crippen LogP contribution in [-0.4, -0.2) is 18.2 Å². The quantitative estimate of drug-likeness (QED) is 0.869. The molecule has 1 rings (SSSR count). The molecule has 0 aromatic heterocycles. The van der Waals surface area contributed by atoms with E-state index in [0.717, 1.165) is 0 Å². The molecule has 17 heavy (non-hydrogen) atoms. The number of carboxylic acid groups (broad SMARTS) is 1. The average molecular weight is 258 g/mol. The Labute approximate surface area is 105 Å². The van der Waals surface area contributed by atoms with E-state index in [0.29, 0.717) is 16.3 Å². The molecule has 0 bridgehead atoms. The number of methoxy groups -OCH3 is 1. The summed E-state index contributed by atoms with van der Waals surface area (Å²) in [5.74, 6) is -0.410. The summed E-state index contributed by atoms with van der Waals surface area (Å²) in [5, 5.41) is 9.52. The van der Waals surface area contributed by atoms with Crippen molar-refractivity contribution in [1.29, 1.82) is 0 Å². The summed E-state index contributed by atoms with van der Waals surface area (Å²) < 4.78 is 5.02. The molecule has 0 aliphatic heterocycles. The molecular weight excluding hydrogens is 242 g/mol. The molecule has 0 fully saturated rings. The Morgan fingerprint density at radius 3 is 2.53 bits per heavy atom. The van der Waals surface area contributed by atoms with E-state index >= 15 is 0 Å². The largest absolute Gasteiger partial charge is 0.495 e. The first-order chi connectivity index (χ1) is 7.80. The third-order valence-corrected chi connectivity index (χ3v) is 3.16. The fraction of sp³-hybridized carbons (Fsp3) is 0.417. The van der Waals surface area contributed by atoms with E-state index in [4.69, 9.17) is 27.2 Å². The van der Waals surface area contributed by atoms with E-state index in [-0.39, 0.29) is 0 Å². The predicted octanol–water partition coefficient (Wildman–Crippen LogP) is 2.46. The lowest BCUT2D eigenvalue weighted by atomic mass is 9.81. The average Bonchev–Trinajstić information content (AvgIpc) is 2.27. The minimum absolute atomic E-state index is 0.418. The molecule has 1 aromatic carbocycles. The first-order valence-electron chi connectivity index (χ1n) is 5.13. The van der Waals surface area contributed by atoms with Gasteiger partial charge in [0.15, 0.2) is 0 Å². The molecule has 0 radical (unpaired) electrons. The van der Waals surface area contributed by atoms with Crippen molar-refractivity contribution in [2.24, 2.45) is 11.1 Å². The first kappa shape index (κ1) is 13.8. The number of hydrogen-bond acceptors (Lipinski definition) is 3. The predicted molar refractivity (Wildman–Crippen MR) is 66.3 cm³/mol. The van der Waals surface area contributed by atoms with E-state index in [1.807, 2.05) is 0 Å². The van der Waals surface area contributed by atoms with Crippen molar-refractivity contribution in [3.63, 3.8) is 0 Å². The number of aliphatic carboxylic acids is 1. The minimum Gasteiger partial charge on any atom is -0.495 e. The summed E-state index contributed by atoms with van der Waals surface area (Å²) in [6, 6.07) is 4.40. The maximum atomic E-state index is 11.1. The Morgan fingerprint density at radius 2 is 2.12 bits per heavy atom. The van der Waals surface area contributed by atoms with Crippen LogP contribution in [0, 0.1) is 5.41 Å². The van der Waals surface area contributed by atoms with Gasteiger partial charge in [-0.25, -0.2) is 0 Å². The van der Waals surface area contributed by atoms with Crippen molar-refractivity contribution < 1.29 is 14.6 Å². The second-order valence-electron chi connectivity index (χ2n) is 4.40. The van der Waals surface area contributed by atoms with Gasteiger partial charge < -0.3 is 15.6 Å². The molecule has 3 N–H and O–H groups in total. The summed E-state index contributed by atoms with van der Waals surface area (Å²) in [5.41, 5.74) is 5.57. The molecule has 0 amide bonds. The molecule has 0 saturated heterocycles. The maximum Gasteiger partial charge on any atom is 0.311 e. The molecule has 0 saturated carbocycles. The summed E-state index contributed by atoms with van der Waals surface area (Å²) in [6.07, 6.45) is 0. The normalized spacial score (nSPS) is 13.2. The topological polar surface area (TPSA) is 72.5 Å². The van der Waals surface area contributed by atoms with Crippen LogP contribution in [0.15, 0.2) is 18.2 Å². The Balaban J connectivity index is 3.09.